The Morgan fingerprint density at radius 3 is 2.47 bits per heavy atom. The molecular weight excluding hydrogens is 190 g/mol. The van der Waals surface area contributed by atoms with Gasteiger partial charge in [-0.15, -0.1) is 0 Å². The standard InChI is InChI=1S/C12H23NO2/c1-4-7-13(8-11-5-6-11)10(3)9(2)12(14)15/h9-11H,4-8H2,1-3H3,(H,14,15). The monoisotopic (exact) mass is 213 g/mol. The number of rotatable bonds is 7. The molecule has 1 rings (SSSR count). The second-order valence-electron chi connectivity index (χ2n) is 4.81. The Hall–Kier alpha value is -0.570. The topological polar surface area (TPSA) is 40.5 Å². The molecule has 88 valence electrons. The molecular formula is C12H23NO2. The van der Waals surface area contributed by atoms with Crippen LogP contribution in [0.5, 0.6) is 0 Å². The van der Waals surface area contributed by atoms with Crippen LogP contribution in [0.15, 0.2) is 0 Å². The van der Waals surface area contributed by atoms with Crippen LogP contribution in [-0.4, -0.2) is 35.1 Å². The number of aliphatic carboxylic acids is 1. The van der Waals surface area contributed by atoms with E-state index in [0.29, 0.717) is 0 Å². The van der Waals surface area contributed by atoms with E-state index < -0.39 is 5.97 Å². The largest absolute Gasteiger partial charge is 0.481 e. The van der Waals surface area contributed by atoms with E-state index in [-0.39, 0.29) is 12.0 Å². The van der Waals surface area contributed by atoms with E-state index in [4.69, 9.17) is 5.11 Å². The van der Waals surface area contributed by atoms with Gasteiger partial charge in [-0.05, 0) is 38.6 Å². The third kappa shape index (κ3) is 3.82. The molecule has 0 aliphatic heterocycles. The van der Waals surface area contributed by atoms with Crippen LogP contribution in [0.4, 0.5) is 0 Å². The van der Waals surface area contributed by atoms with Crippen LogP contribution in [0.3, 0.4) is 0 Å². The molecule has 1 saturated carbocycles. The first-order valence-electron chi connectivity index (χ1n) is 6.03. The Bertz CT molecular complexity index is 214. The molecule has 3 nitrogen and oxygen atoms in total. The van der Waals surface area contributed by atoms with E-state index in [1.54, 1.807) is 0 Å². The predicted octanol–water partition coefficient (Wildman–Crippen LogP) is 2.22. The minimum atomic E-state index is -0.681. The second kappa shape index (κ2) is 5.50. The van der Waals surface area contributed by atoms with Crippen molar-refractivity contribution in [2.75, 3.05) is 13.1 Å². The van der Waals surface area contributed by atoms with Crippen molar-refractivity contribution >= 4 is 5.97 Å². The van der Waals surface area contributed by atoms with E-state index in [2.05, 4.69) is 11.8 Å². The number of carbonyl (C=O) groups is 1. The summed E-state index contributed by atoms with van der Waals surface area (Å²) in [4.78, 5) is 13.3. The van der Waals surface area contributed by atoms with Crippen molar-refractivity contribution in [1.82, 2.24) is 4.90 Å². The molecule has 2 unspecified atom stereocenters. The summed E-state index contributed by atoms with van der Waals surface area (Å²) in [6.45, 7) is 8.11. The Balaban J connectivity index is 2.47. The quantitative estimate of drug-likeness (QED) is 0.705. The van der Waals surface area contributed by atoms with Gasteiger partial charge >= 0.3 is 5.97 Å². The van der Waals surface area contributed by atoms with Gasteiger partial charge in [0.1, 0.15) is 0 Å². The molecule has 1 N–H and O–H groups in total. The lowest BCUT2D eigenvalue weighted by molar-refractivity contribution is -0.143. The first-order valence-corrected chi connectivity index (χ1v) is 6.03. The van der Waals surface area contributed by atoms with Crippen molar-refractivity contribution in [3.8, 4) is 0 Å². The van der Waals surface area contributed by atoms with Crippen LogP contribution in [0.2, 0.25) is 0 Å². The Morgan fingerprint density at radius 1 is 1.47 bits per heavy atom. The maximum absolute atomic E-state index is 10.9. The summed E-state index contributed by atoms with van der Waals surface area (Å²) in [5.74, 6) is -0.116. The van der Waals surface area contributed by atoms with Crippen LogP contribution in [0.1, 0.15) is 40.0 Å². The summed E-state index contributed by atoms with van der Waals surface area (Å²) in [6, 6.07) is 0.156. The lowest BCUT2D eigenvalue weighted by Gasteiger charge is -2.31. The first-order chi connectivity index (χ1) is 7.06. The van der Waals surface area contributed by atoms with Gasteiger partial charge in [0.05, 0.1) is 5.92 Å². The minimum absolute atomic E-state index is 0.156. The summed E-state index contributed by atoms with van der Waals surface area (Å²) in [7, 11) is 0. The van der Waals surface area contributed by atoms with E-state index in [0.717, 1.165) is 25.4 Å². The number of hydrogen-bond acceptors (Lipinski definition) is 2. The van der Waals surface area contributed by atoms with E-state index >= 15 is 0 Å². The van der Waals surface area contributed by atoms with E-state index in [1.165, 1.54) is 12.8 Å². The van der Waals surface area contributed by atoms with Gasteiger partial charge in [0.15, 0.2) is 0 Å². The van der Waals surface area contributed by atoms with Crippen molar-refractivity contribution in [1.29, 1.82) is 0 Å². The highest BCUT2D eigenvalue weighted by atomic mass is 16.4. The van der Waals surface area contributed by atoms with Crippen LogP contribution < -0.4 is 0 Å². The van der Waals surface area contributed by atoms with Gasteiger partial charge in [-0.3, -0.25) is 9.69 Å². The predicted molar refractivity (Wildman–Crippen MR) is 60.8 cm³/mol. The number of hydrogen-bond donors (Lipinski definition) is 1. The molecule has 0 aromatic carbocycles. The molecule has 0 aromatic heterocycles. The first kappa shape index (κ1) is 12.5. The average molecular weight is 213 g/mol. The van der Waals surface area contributed by atoms with Gasteiger partial charge in [0.25, 0.3) is 0 Å². The van der Waals surface area contributed by atoms with E-state index in [9.17, 15) is 4.79 Å². The summed E-state index contributed by atoms with van der Waals surface area (Å²) in [5.41, 5.74) is 0. The summed E-state index contributed by atoms with van der Waals surface area (Å²) < 4.78 is 0. The molecule has 1 aliphatic rings. The van der Waals surface area contributed by atoms with Gasteiger partial charge in [-0.1, -0.05) is 13.8 Å². The average Bonchev–Trinajstić information content (AvgIpc) is 2.98. The summed E-state index contributed by atoms with van der Waals surface area (Å²) in [6.07, 6.45) is 3.76. The van der Waals surface area contributed by atoms with Crippen molar-refractivity contribution in [2.45, 2.75) is 46.1 Å². The van der Waals surface area contributed by atoms with Gasteiger partial charge in [-0.25, -0.2) is 0 Å². The number of nitrogens with zero attached hydrogens (tertiary/aromatic N) is 1. The molecule has 1 fully saturated rings. The molecule has 0 heterocycles. The molecule has 0 radical (unpaired) electrons. The Morgan fingerprint density at radius 2 is 2.07 bits per heavy atom. The molecule has 0 spiro atoms. The number of carboxylic acid groups (broad SMARTS) is 1. The summed E-state index contributed by atoms with van der Waals surface area (Å²) in [5, 5.41) is 8.99. The van der Waals surface area contributed by atoms with Crippen molar-refractivity contribution < 1.29 is 9.90 Å². The molecule has 1 aliphatic carbocycles. The molecule has 15 heavy (non-hydrogen) atoms. The highest BCUT2D eigenvalue weighted by Crippen LogP contribution is 2.31. The van der Waals surface area contributed by atoms with E-state index in [1.807, 2.05) is 13.8 Å². The molecule has 0 amide bonds. The molecule has 3 heteroatoms. The SMILES string of the molecule is CCCN(CC1CC1)C(C)C(C)C(=O)O. The normalized spacial score (nSPS) is 20.3. The lowest BCUT2D eigenvalue weighted by atomic mass is 10.0. The minimum Gasteiger partial charge on any atom is -0.481 e. The zero-order valence-corrected chi connectivity index (χ0v) is 10.1. The van der Waals surface area contributed by atoms with Gasteiger partial charge in [0.2, 0.25) is 0 Å². The van der Waals surface area contributed by atoms with Crippen LogP contribution in [0.25, 0.3) is 0 Å². The fraction of sp³-hybridized carbons (Fsp3) is 0.917. The van der Waals surface area contributed by atoms with Gasteiger partial charge in [0, 0.05) is 12.6 Å². The van der Waals surface area contributed by atoms with Gasteiger partial charge in [-0.2, -0.15) is 0 Å². The fourth-order valence-corrected chi connectivity index (χ4v) is 1.90. The maximum atomic E-state index is 10.9. The van der Waals surface area contributed by atoms with Crippen molar-refractivity contribution in [3.05, 3.63) is 0 Å². The third-order valence-corrected chi connectivity index (χ3v) is 3.39. The van der Waals surface area contributed by atoms with Gasteiger partial charge < -0.3 is 5.11 Å². The zero-order chi connectivity index (χ0) is 11.4. The Labute approximate surface area is 92.5 Å². The highest BCUT2D eigenvalue weighted by Gasteiger charge is 2.30. The third-order valence-electron chi connectivity index (χ3n) is 3.39. The zero-order valence-electron chi connectivity index (χ0n) is 10.1. The van der Waals surface area contributed by atoms with Crippen molar-refractivity contribution in [2.24, 2.45) is 11.8 Å². The van der Waals surface area contributed by atoms with Crippen molar-refractivity contribution in [3.63, 3.8) is 0 Å². The Kier molecular flexibility index (Phi) is 4.58. The molecule has 0 saturated heterocycles. The second-order valence-corrected chi connectivity index (χ2v) is 4.81. The molecule has 2 atom stereocenters. The summed E-state index contributed by atoms with van der Waals surface area (Å²) >= 11 is 0. The van der Waals surface area contributed by atoms with Crippen LogP contribution >= 0.6 is 0 Å². The molecule has 0 aromatic rings. The number of carboxylic acids is 1. The smallest absolute Gasteiger partial charge is 0.307 e. The molecule has 0 bridgehead atoms. The highest BCUT2D eigenvalue weighted by molar-refractivity contribution is 5.70. The van der Waals surface area contributed by atoms with Crippen LogP contribution in [-0.2, 0) is 4.79 Å². The lowest BCUT2D eigenvalue weighted by Crippen LogP contribution is -2.42. The fourth-order valence-electron chi connectivity index (χ4n) is 1.90. The maximum Gasteiger partial charge on any atom is 0.307 e. The van der Waals surface area contributed by atoms with Crippen LogP contribution in [0, 0.1) is 11.8 Å².